The third-order valence-electron chi connectivity index (χ3n) is 4.54. The largest absolute Gasteiger partial charge is 0.388 e. The molecule has 3 heteroatoms. The molecule has 0 saturated carbocycles. The number of aliphatic hydroxyl groups is 1. The van der Waals surface area contributed by atoms with Crippen LogP contribution >= 0.6 is 0 Å². The molecule has 0 heterocycles. The second-order valence-electron chi connectivity index (χ2n) is 7.04. The molecular weight excluding hydrogens is 264 g/mol. The van der Waals surface area contributed by atoms with Crippen LogP contribution in [-0.4, -0.2) is 19.0 Å². The number of carbonyl (C=O) groups excluding carboxylic acids is 1. The summed E-state index contributed by atoms with van der Waals surface area (Å²) in [5, 5.41) is 11.5. The van der Waals surface area contributed by atoms with Crippen LogP contribution in [0.3, 0.4) is 0 Å². The summed E-state index contributed by atoms with van der Waals surface area (Å²) in [7, 11) is -1.67. The van der Waals surface area contributed by atoms with Gasteiger partial charge in [-0.1, -0.05) is 43.9 Å². The number of carbonyl (C=O) groups is 1. The van der Waals surface area contributed by atoms with E-state index in [1.807, 2.05) is 18.2 Å². The third-order valence-corrected chi connectivity index (χ3v) is 6.59. The van der Waals surface area contributed by atoms with E-state index >= 15 is 0 Å². The van der Waals surface area contributed by atoms with E-state index in [2.05, 4.69) is 25.7 Å². The molecule has 0 bridgehead atoms. The van der Waals surface area contributed by atoms with Gasteiger partial charge < -0.3 is 5.11 Å². The van der Waals surface area contributed by atoms with Gasteiger partial charge in [0, 0.05) is 6.42 Å². The van der Waals surface area contributed by atoms with Gasteiger partial charge in [0.2, 0.25) is 0 Å². The van der Waals surface area contributed by atoms with Crippen LogP contribution in [0.2, 0.25) is 19.6 Å². The van der Waals surface area contributed by atoms with Gasteiger partial charge in [-0.15, -0.1) is 0 Å². The lowest BCUT2D eigenvalue weighted by Gasteiger charge is -2.38. The van der Waals surface area contributed by atoms with E-state index in [-0.39, 0.29) is 6.10 Å². The van der Waals surface area contributed by atoms with Crippen LogP contribution < -0.4 is 0 Å². The van der Waals surface area contributed by atoms with Gasteiger partial charge in [0.05, 0.1) is 14.2 Å². The topological polar surface area (TPSA) is 37.3 Å². The van der Waals surface area contributed by atoms with Crippen molar-refractivity contribution >= 4 is 19.4 Å². The Morgan fingerprint density at radius 3 is 2.60 bits per heavy atom. The van der Waals surface area contributed by atoms with E-state index < -0.39 is 8.07 Å². The minimum absolute atomic E-state index is 0.349. The summed E-state index contributed by atoms with van der Waals surface area (Å²) >= 11 is 0. The highest BCUT2D eigenvalue weighted by atomic mass is 28.3. The summed E-state index contributed by atoms with van der Waals surface area (Å²) in [4.78, 5) is 12.5. The highest BCUT2D eigenvalue weighted by molar-refractivity contribution is 6.88. The molecule has 2 atom stereocenters. The van der Waals surface area contributed by atoms with Crippen LogP contribution in [0, 0.1) is 5.92 Å². The number of hydrogen-bond acceptors (Lipinski definition) is 2. The van der Waals surface area contributed by atoms with Gasteiger partial charge in [0.25, 0.3) is 0 Å². The minimum atomic E-state index is -1.67. The first-order chi connectivity index (χ1) is 9.39. The normalized spacial score (nSPS) is 26.3. The number of Topliss-reactive ketones (excluding diaryl/α,β-unsaturated/α-hetero) is 1. The molecule has 1 aromatic rings. The highest BCUT2D eigenvalue weighted by Crippen LogP contribution is 2.48. The Morgan fingerprint density at radius 2 is 1.90 bits per heavy atom. The van der Waals surface area contributed by atoms with Crippen LogP contribution in [-0.2, 0) is 4.79 Å². The van der Waals surface area contributed by atoms with Crippen molar-refractivity contribution in [2.45, 2.75) is 45.0 Å². The summed E-state index contributed by atoms with van der Waals surface area (Å²) in [5.41, 5.74) is 3.40. The molecule has 2 nitrogen and oxygen atoms in total. The molecule has 0 unspecified atom stereocenters. The van der Waals surface area contributed by atoms with Crippen molar-refractivity contribution in [2.24, 2.45) is 5.92 Å². The number of allylic oxidation sites excluding steroid dienone is 2. The number of rotatable bonds is 1. The van der Waals surface area contributed by atoms with Crippen molar-refractivity contribution < 1.29 is 9.90 Å². The van der Waals surface area contributed by atoms with E-state index in [0.29, 0.717) is 18.1 Å². The number of hydrogen-bond donors (Lipinski definition) is 1. The molecule has 1 N–H and O–H groups in total. The van der Waals surface area contributed by atoms with Gasteiger partial charge in [-0.05, 0) is 40.7 Å². The van der Waals surface area contributed by atoms with Gasteiger partial charge in [-0.2, -0.15) is 0 Å². The van der Waals surface area contributed by atoms with E-state index in [1.54, 1.807) is 0 Å². The molecule has 106 valence electrons. The maximum atomic E-state index is 12.5. The molecule has 0 fully saturated rings. The second-order valence-corrected chi connectivity index (χ2v) is 12.0. The maximum Gasteiger partial charge on any atom is 0.155 e. The molecule has 3 rings (SSSR count). The molecule has 2 aliphatic carbocycles. The Balaban J connectivity index is 2.30. The average molecular weight is 286 g/mol. The van der Waals surface area contributed by atoms with E-state index in [1.165, 1.54) is 5.57 Å². The molecule has 20 heavy (non-hydrogen) atoms. The Labute approximate surface area is 121 Å². The van der Waals surface area contributed by atoms with Crippen LogP contribution in [0.5, 0.6) is 0 Å². The van der Waals surface area contributed by atoms with Gasteiger partial charge in [0.1, 0.15) is 0 Å². The lowest BCUT2D eigenvalue weighted by molar-refractivity contribution is -0.115. The van der Waals surface area contributed by atoms with Crippen molar-refractivity contribution in [3.8, 4) is 0 Å². The van der Waals surface area contributed by atoms with E-state index in [0.717, 1.165) is 29.2 Å². The van der Waals surface area contributed by atoms with Crippen LogP contribution in [0.15, 0.2) is 29.5 Å². The summed E-state index contributed by atoms with van der Waals surface area (Å²) in [6.45, 7) is 6.76. The van der Waals surface area contributed by atoms with Gasteiger partial charge in [-0.25, -0.2) is 0 Å². The van der Waals surface area contributed by atoms with Crippen molar-refractivity contribution in [1.82, 2.24) is 0 Å². The number of ketones is 1. The first-order valence-electron chi connectivity index (χ1n) is 7.45. The van der Waals surface area contributed by atoms with E-state index in [4.69, 9.17) is 0 Å². The van der Waals surface area contributed by atoms with Gasteiger partial charge >= 0.3 is 0 Å². The van der Waals surface area contributed by atoms with Crippen LogP contribution in [0.4, 0.5) is 0 Å². The fourth-order valence-corrected chi connectivity index (χ4v) is 5.88. The lowest BCUT2D eigenvalue weighted by atomic mass is 9.73. The molecule has 1 aromatic carbocycles. The quantitative estimate of drug-likeness (QED) is 0.799. The lowest BCUT2D eigenvalue weighted by Crippen LogP contribution is -2.36. The SMILES string of the molecule is C[Si](C)(C)C1=C2c3ccccc3[C@@H](O)C[C@H]2CCC1=O. The number of aliphatic hydroxyl groups excluding tert-OH is 1. The molecule has 0 saturated heterocycles. The predicted molar refractivity (Wildman–Crippen MR) is 84.0 cm³/mol. The molecule has 0 spiro atoms. The summed E-state index contributed by atoms with van der Waals surface area (Å²) in [6.07, 6.45) is 1.94. The van der Waals surface area contributed by atoms with Crippen molar-refractivity contribution in [1.29, 1.82) is 0 Å². The standard InChI is InChI=1S/C17H22O2Si/c1-20(2,3)17-14(18)9-8-11-10-15(19)12-6-4-5-7-13(12)16(11)17/h4-7,11,15,19H,8-10H2,1-3H3/t11-,15+/m1/s1. The third kappa shape index (κ3) is 2.09. The Morgan fingerprint density at radius 1 is 1.20 bits per heavy atom. The summed E-state index contributed by atoms with van der Waals surface area (Å²) in [6, 6.07) is 8.08. The molecule has 0 radical (unpaired) electrons. The van der Waals surface area contributed by atoms with Gasteiger partial charge in [0.15, 0.2) is 5.78 Å². The van der Waals surface area contributed by atoms with Crippen molar-refractivity contribution in [2.75, 3.05) is 0 Å². The van der Waals surface area contributed by atoms with Gasteiger partial charge in [-0.3, -0.25) is 4.79 Å². The fourth-order valence-electron chi connectivity index (χ4n) is 3.77. The fraction of sp³-hybridized carbons (Fsp3) is 0.471. The molecule has 0 amide bonds. The number of fused-ring (bicyclic) bond motifs is 3. The van der Waals surface area contributed by atoms with Crippen LogP contribution in [0.1, 0.15) is 36.5 Å². The number of benzene rings is 1. The van der Waals surface area contributed by atoms with E-state index in [9.17, 15) is 9.90 Å². The highest BCUT2D eigenvalue weighted by Gasteiger charge is 2.40. The summed E-state index contributed by atoms with van der Waals surface area (Å²) < 4.78 is 0. The monoisotopic (exact) mass is 286 g/mol. The zero-order valence-electron chi connectivity index (χ0n) is 12.4. The zero-order chi connectivity index (χ0) is 14.5. The Bertz CT molecular complexity index is 595. The smallest absolute Gasteiger partial charge is 0.155 e. The maximum absolute atomic E-state index is 12.5. The molecular formula is C17H22O2Si. The van der Waals surface area contributed by atoms with Crippen LogP contribution in [0.25, 0.3) is 5.57 Å². The zero-order valence-corrected chi connectivity index (χ0v) is 13.4. The van der Waals surface area contributed by atoms with Crippen molar-refractivity contribution in [3.63, 3.8) is 0 Å². The molecule has 2 aliphatic rings. The molecule has 0 aliphatic heterocycles. The molecule has 0 aromatic heterocycles. The Kier molecular flexibility index (Phi) is 3.22. The second kappa shape index (κ2) is 4.67. The summed E-state index contributed by atoms with van der Waals surface area (Å²) in [5.74, 6) is 0.709. The first kappa shape index (κ1) is 13.8. The minimum Gasteiger partial charge on any atom is -0.388 e. The Hall–Kier alpha value is -1.19. The predicted octanol–water partition coefficient (Wildman–Crippen LogP) is 3.73. The van der Waals surface area contributed by atoms with Crippen molar-refractivity contribution in [3.05, 3.63) is 40.6 Å². The average Bonchev–Trinajstić information content (AvgIpc) is 2.38. The first-order valence-corrected chi connectivity index (χ1v) is 10.9.